The molecule has 0 bridgehead atoms. The van der Waals surface area contributed by atoms with Crippen LogP contribution < -0.4 is 5.32 Å². The van der Waals surface area contributed by atoms with Crippen molar-refractivity contribution >= 4 is 11.9 Å². The van der Waals surface area contributed by atoms with Crippen LogP contribution in [0.25, 0.3) is 0 Å². The lowest BCUT2D eigenvalue weighted by Crippen LogP contribution is -2.45. The first-order valence-corrected chi connectivity index (χ1v) is 26.5. The number of esters is 1. The number of carbonyl (C=O) groups is 2. The van der Waals surface area contributed by atoms with Gasteiger partial charge in [-0.2, -0.15) is 0 Å². The van der Waals surface area contributed by atoms with Gasteiger partial charge in [-0.3, -0.25) is 9.59 Å². The van der Waals surface area contributed by atoms with Crippen molar-refractivity contribution in [3.63, 3.8) is 0 Å². The Morgan fingerprint density at radius 3 is 1.15 bits per heavy atom. The molecule has 6 heteroatoms. The molecule has 0 aromatic carbocycles. The number of hydrogen-bond acceptors (Lipinski definition) is 5. The number of aliphatic hydroxyl groups excluding tert-OH is 2. The van der Waals surface area contributed by atoms with Crippen LogP contribution in [0, 0.1) is 0 Å². The summed E-state index contributed by atoms with van der Waals surface area (Å²) in [5, 5.41) is 23.0. The highest BCUT2D eigenvalue weighted by atomic mass is 16.5. The number of ether oxygens (including phenoxy) is 1. The third kappa shape index (κ3) is 45.9. The average molecular weight is 834 g/mol. The SMILES string of the molecule is CCCCCCCCCCCC/C=C/C(O)C(CO)NC(=O)CCCCCCCCCCCCCCCCCCCCOC(=O)CCCCCCCCCCCCCC. The fourth-order valence-corrected chi connectivity index (χ4v) is 8.22. The zero-order valence-electron chi connectivity index (χ0n) is 39.7. The first-order chi connectivity index (χ1) is 29.0. The van der Waals surface area contributed by atoms with Gasteiger partial charge in [-0.05, 0) is 32.1 Å². The van der Waals surface area contributed by atoms with Crippen LogP contribution in [0.1, 0.15) is 290 Å². The van der Waals surface area contributed by atoms with Gasteiger partial charge in [0.2, 0.25) is 5.91 Å². The van der Waals surface area contributed by atoms with E-state index in [1.807, 2.05) is 6.08 Å². The summed E-state index contributed by atoms with van der Waals surface area (Å²) in [5.41, 5.74) is 0. The summed E-state index contributed by atoms with van der Waals surface area (Å²) in [6, 6.07) is -0.628. The summed E-state index contributed by atoms with van der Waals surface area (Å²) in [6.45, 7) is 4.89. The molecule has 0 aromatic heterocycles. The van der Waals surface area contributed by atoms with Crippen LogP contribution in [0.5, 0.6) is 0 Å². The van der Waals surface area contributed by atoms with Gasteiger partial charge in [0.05, 0.1) is 25.4 Å². The third-order valence-corrected chi connectivity index (χ3v) is 12.3. The van der Waals surface area contributed by atoms with Crippen LogP contribution >= 0.6 is 0 Å². The standard InChI is InChI=1S/C53H103NO5/c1-3-5-7-9-11-13-15-25-29-33-37-41-45-51(56)50(49-55)54-52(57)46-42-38-34-30-26-23-21-19-17-18-20-22-24-28-32-36-40-44-48-59-53(58)47-43-39-35-31-27-16-14-12-10-8-6-4-2/h41,45,50-51,55-56H,3-40,42-44,46-49H2,1-2H3,(H,54,57)/b45-41+. The van der Waals surface area contributed by atoms with Gasteiger partial charge in [0.15, 0.2) is 0 Å². The predicted molar refractivity (Wildman–Crippen MR) is 255 cm³/mol. The lowest BCUT2D eigenvalue weighted by molar-refractivity contribution is -0.143. The molecular weight excluding hydrogens is 731 g/mol. The van der Waals surface area contributed by atoms with Crippen molar-refractivity contribution in [2.45, 2.75) is 302 Å². The predicted octanol–water partition coefficient (Wildman–Crippen LogP) is 15.7. The van der Waals surface area contributed by atoms with E-state index in [1.54, 1.807) is 6.08 Å². The van der Waals surface area contributed by atoms with E-state index in [1.165, 1.54) is 225 Å². The molecule has 0 saturated heterocycles. The maximum atomic E-state index is 12.4. The number of unbranched alkanes of at least 4 members (excludes halogenated alkanes) is 38. The van der Waals surface area contributed by atoms with Crippen LogP contribution in [-0.4, -0.2) is 47.4 Å². The van der Waals surface area contributed by atoms with Gasteiger partial charge in [-0.25, -0.2) is 0 Å². The Morgan fingerprint density at radius 1 is 0.458 bits per heavy atom. The molecule has 59 heavy (non-hydrogen) atoms. The minimum Gasteiger partial charge on any atom is -0.466 e. The van der Waals surface area contributed by atoms with Crippen molar-refractivity contribution in [3.8, 4) is 0 Å². The molecule has 350 valence electrons. The molecule has 0 radical (unpaired) electrons. The minimum atomic E-state index is -0.844. The first kappa shape index (κ1) is 57.6. The molecule has 0 aliphatic heterocycles. The normalized spacial score (nSPS) is 12.7. The number of aliphatic hydroxyl groups is 2. The van der Waals surface area contributed by atoms with Gasteiger partial charge in [0.1, 0.15) is 0 Å². The molecule has 1 amide bonds. The highest BCUT2D eigenvalue weighted by molar-refractivity contribution is 5.76. The van der Waals surface area contributed by atoms with Crippen molar-refractivity contribution < 1.29 is 24.5 Å². The Bertz CT molecular complexity index is 878. The summed E-state index contributed by atoms with van der Waals surface area (Å²) >= 11 is 0. The number of carbonyl (C=O) groups excluding carboxylic acids is 2. The first-order valence-electron chi connectivity index (χ1n) is 26.5. The number of amides is 1. The average Bonchev–Trinajstić information content (AvgIpc) is 3.24. The minimum absolute atomic E-state index is 0.00715. The third-order valence-electron chi connectivity index (χ3n) is 12.3. The molecule has 0 fully saturated rings. The Morgan fingerprint density at radius 2 is 0.780 bits per heavy atom. The molecule has 2 atom stereocenters. The van der Waals surface area contributed by atoms with Crippen LogP contribution in [0.2, 0.25) is 0 Å². The van der Waals surface area contributed by atoms with Crippen molar-refractivity contribution in [2.75, 3.05) is 13.2 Å². The van der Waals surface area contributed by atoms with Gasteiger partial charge in [0.25, 0.3) is 0 Å². The molecule has 0 aliphatic rings. The smallest absolute Gasteiger partial charge is 0.305 e. The molecule has 0 heterocycles. The second-order valence-electron chi connectivity index (χ2n) is 18.2. The fraction of sp³-hybridized carbons (Fsp3) is 0.925. The number of allylic oxidation sites excluding steroid dienone is 1. The summed E-state index contributed by atoms with van der Waals surface area (Å²) in [6.07, 6.45) is 56.4. The molecular formula is C53H103NO5. The van der Waals surface area contributed by atoms with Crippen LogP contribution in [0.4, 0.5) is 0 Å². The highest BCUT2D eigenvalue weighted by Crippen LogP contribution is 2.17. The van der Waals surface area contributed by atoms with E-state index in [9.17, 15) is 19.8 Å². The van der Waals surface area contributed by atoms with Crippen molar-refractivity contribution in [1.82, 2.24) is 5.32 Å². The second-order valence-corrected chi connectivity index (χ2v) is 18.2. The topological polar surface area (TPSA) is 95.9 Å². The van der Waals surface area contributed by atoms with Gasteiger partial charge >= 0.3 is 5.97 Å². The number of hydrogen-bond donors (Lipinski definition) is 3. The van der Waals surface area contributed by atoms with Crippen LogP contribution in [0.3, 0.4) is 0 Å². The fourth-order valence-electron chi connectivity index (χ4n) is 8.22. The monoisotopic (exact) mass is 834 g/mol. The van der Waals surface area contributed by atoms with Gasteiger partial charge in [0, 0.05) is 12.8 Å². The second kappa shape index (κ2) is 49.3. The van der Waals surface area contributed by atoms with Crippen molar-refractivity contribution in [2.24, 2.45) is 0 Å². The molecule has 3 N–H and O–H groups in total. The lowest BCUT2D eigenvalue weighted by Gasteiger charge is -2.20. The van der Waals surface area contributed by atoms with Gasteiger partial charge in [-0.1, -0.05) is 257 Å². The molecule has 0 spiro atoms. The Balaban J connectivity index is 3.42. The van der Waals surface area contributed by atoms with E-state index in [2.05, 4.69) is 19.2 Å². The highest BCUT2D eigenvalue weighted by Gasteiger charge is 2.18. The van der Waals surface area contributed by atoms with E-state index in [-0.39, 0.29) is 18.5 Å². The molecule has 0 aromatic rings. The van der Waals surface area contributed by atoms with Crippen LogP contribution in [0.15, 0.2) is 12.2 Å². The van der Waals surface area contributed by atoms with Crippen molar-refractivity contribution in [1.29, 1.82) is 0 Å². The maximum Gasteiger partial charge on any atom is 0.305 e. The quantitative estimate of drug-likeness (QED) is 0.0322. The molecule has 2 unspecified atom stereocenters. The summed E-state index contributed by atoms with van der Waals surface area (Å²) in [5.74, 6) is -0.0648. The number of nitrogens with one attached hydrogen (secondary N) is 1. The van der Waals surface area contributed by atoms with E-state index in [0.29, 0.717) is 19.4 Å². The largest absolute Gasteiger partial charge is 0.466 e. The lowest BCUT2D eigenvalue weighted by atomic mass is 10.0. The van der Waals surface area contributed by atoms with Gasteiger partial charge < -0.3 is 20.3 Å². The van der Waals surface area contributed by atoms with E-state index in [4.69, 9.17) is 4.74 Å². The maximum absolute atomic E-state index is 12.4. The summed E-state index contributed by atoms with van der Waals surface area (Å²) < 4.78 is 5.46. The van der Waals surface area contributed by atoms with Crippen molar-refractivity contribution in [3.05, 3.63) is 12.2 Å². The zero-order chi connectivity index (χ0) is 43.0. The number of rotatable bonds is 49. The molecule has 0 aliphatic carbocycles. The molecule has 6 nitrogen and oxygen atoms in total. The van der Waals surface area contributed by atoms with E-state index in [0.717, 1.165) is 38.5 Å². The van der Waals surface area contributed by atoms with E-state index >= 15 is 0 Å². The molecule has 0 saturated carbocycles. The molecule has 0 rings (SSSR count). The van der Waals surface area contributed by atoms with E-state index < -0.39 is 12.1 Å². The van der Waals surface area contributed by atoms with Gasteiger partial charge in [-0.15, -0.1) is 0 Å². The zero-order valence-corrected chi connectivity index (χ0v) is 39.7. The Labute approximate surface area is 368 Å². The Kier molecular flexibility index (Phi) is 48.1. The van der Waals surface area contributed by atoms with Crippen LogP contribution in [-0.2, 0) is 14.3 Å². The Hall–Kier alpha value is -1.40. The summed E-state index contributed by atoms with van der Waals surface area (Å²) in [4.78, 5) is 24.4. The summed E-state index contributed by atoms with van der Waals surface area (Å²) in [7, 11) is 0.